The van der Waals surface area contributed by atoms with E-state index in [0.29, 0.717) is 5.75 Å². The average molecular weight is 384 g/mol. The van der Waals surface area contributed by atoms with Gasteiger partial charge in [0.25, 0.3) is 0 Å². The fourth-order valence-electron chi connectivity index (χ4n) is 1.68. The molecule has 6 nitrogen and oxygen atoms in total. The molecule has 1 aromatic rings. The van der Waals surface area contributed by atoms with Crippen LogP contribution < -0.4 is 4.74 Å². The lowest BCUT2D eigenvalue weighted by atomic mass is 10.1. The highest BCUT2D eigenvalue weighted by Crippen LogP contribution is 2.29. The molecular weight excluding hydrogens is 365 g/mol. The Bertz CT molecular complexity index is 695. The van der Waals surface area contributed by atoms with Gasteiger partial charge in [0.15, 0.2) is 6.17 Å². The Morgan fingerprint density at radius 2 is 1.72 bits per heavy atom. The van der Waals surface area contributed by atoms with Crippen LogP contribution in [0.25, 0.3) is 0 Å². The fraction of sp³-hybridized carbons (Fsp3) is 0.533. The van der Waals surface area contributed by atoms with Crippen LogP contribution in [0.3, 0.4) is 0 Å². The van der Waals surface area contributed by atoms with Crippen molar-refractivity contribution in [3.8, 4) is 5.75 Å². The first-order valence-electron chi connectivity index (χ1n) is 7.19. The van der Waals surface area contributed by atoms with E-state index in [9.17, 15) is 26.4 Å². The molecule has 0 radical (unpaired) electrons. The van der Waals surface area contributed by atoms with Gasteiger partial charge in [-0.2, -0.15) is 17.2 Å². The number of alkyl halides is 3. The van der Waals surface area contributed by atoms with E-state index in [1.54, 1.807) is 0 Å². The largest absolute Gasteiger partial charge is 0.488 e. The minimum atomic E-state index is -5.89. The van der Waals surface area contributed by atoms with Gasteiger partial charge in [0, 0.05) is 6.42 Å². The molecule has 0 aromatic heterocycles. The highest BCUT2D eigenvalue weighted by atomic mass is 32.2. The third-order valence-electron chi connectivity index (χ3n) is 2.83. The Hall–Kier alpha value is -1.81. The van der Waals surface area contributed by atoms with Gasteiger partial charge in [-0.1, -0.05) is 0 Å². The Balaban J connectivity index is 2.58. The highest BCUT2D eigenvalue weighted by molar-refractivity contribution is 7.86. The van der Waals surface area contributed by atoms with Crippen molar-refractivity contribution in [2.45, 2.75) is 44.2 Å². The van der Waals surface area contributed by atoms with Crippen molar-refractivity contribution >= 4 is 16.1 Å². The topological polar surface area (TPSA) is 89.9 Å². The van der Waals surface area contributed by atoms with E-state index in [-0.39, 0.29) is 5.56 Å². The van der Waals surface area contributed by atoms with Crippen LogP contribution in [0.1, 0.15) is 37.6 Å². The van der Waals surface area contributed by atoms with Crippen molar-refractivity contribution < 1.29 is 40.4 Å². The molecule has 142 valence electrons. The molecule has 25 heavy (non-hydrogen) atoms. The van der Waals surface area contributed by atoms with Crippen LogP contribution in [-0.2, 0) is 14.9 Å². The predicted octanol–water partition coefficient (Wildman–Crippen LogP) is 3.23. The van der Waals surface area contributed by atoms with Crippen LogP contribution in [0.2, 0.25) is 0 Å². The second-order valence-electron chi connectivity index (χ2n) is 6.17. The van der Waals surface area contributed by atoms with Crippen molar-refractivity contribution in [3.05, 3.63) is 29.8 Å². The summed E-state index contributed by atoms with van der Waals surface area (Å²) in [5.74, 6) is -0.398. The van der Waals surface area contributed by atoms with Gasteiger partial charge >= 0.3 is 21.3 Å². The Morgan fingerprint density at radius 1 is 1.20 bits per heavy atom. The van der Waals surface area contributed by atoms with Crippen LogP contribution in [0.5, 0.6) is 5.75 Å². The van der Waals surface area contributed by atoms with Gasteiger partial charge in [0.1, 0.15) is 11.4 Å². The number of benzene rings is 1. The summed E-state index contributed by atoms with van der Waals surface area (Å²) in [7, 11) is -5.89. The summed E-state index contributed by atoms with van der Waals surface area (Å²) in [6.07, 6.45) is -4.30. The molecule has 10 heteroatoms. The van der Waals surface area contributed by atoms with Gasteiger partial charge in [-0.25, -0.2) is 9.18 Å². The molecule has 0 aliphatic carbocycles. The maximum absolute atomic E-state index is 13.2. The van der Waals surface area contributed by atoms with Gasteiger partial charge in [-0.05, 0) is 45.0 Å². The maximum atomic E-state index is 13.2. The molecule has 0 amide bonds. The first kappa shape index (κ1) is 21.2. The van der Waals surface area contributed by atoms with Crippen molar-refractivity contribution in [2.24, 2.45) is 0 Å². The third-order valence-corrected chi connectivity index (χ3v) is 3.77. The van der Waals surface area contributed by atoms with Gasteiger partial charge in [0.2, 0.25) is 0 Å². The van der Waals surface area contributed by atoms with E-state index < -0.39 is 46.1 Å². The molecule has 0 bridgehead atoms. The Morgan fingerprint density at radius 3 is 2.16 bits per heavy atom. The molecule has 0 saturated carbocycles. The standard InChI is InChI=1S/C15H19F3O6S/c1-14(2,3)24-11-6-4-10(5-7-11)13(19)23-9-8-12(16)15(17,18)25(20,21)22/h4-7,12H,8-9H2,1-3H3,(H,20,21,22). The summed E-state index contributed by atoms with van der Waals surface area (Å²) >= 11 is 0. The molecule has 1 unspecified atom stereocenters. The third kappa shape index (κ3) is 6.20. The van der Waals surface area contributed by atoms with Crippen LogP contribution >= 0.6 is 0 Å². The van der Waals surface area contributed by atoms with Gasteiger partial charge < -0.3 is 9.47 Å². The smallest absolute Gasteiger partial charge is 0.400 e. The number of carbonyl (C=O) groups is 1. The SMILES string of the molecule is CC(C)(C)Oc1ccc(C(=O)OCCC(F)C(F)(F)S(=O)(=O)O)cc1. The molecule has 1 atom stereocenters. The molecule has 1 rings (SSSR count). The number of halogens is 3. The lowest BCUT2D eigenvalue weighted by Gasteiger charge is -2.21. The summed E-state index contributed by atoms with van der Waals surface area (Å²) in [5.41, 5.74) is -0.352. The molecule has 1 aromatic carbocycles. The van der Waals surface area contributed by atoms with Crippen molar-refractivity contribution in [1.82, 2.24) is 0 Å². The van der Waals surface area contributed by atoms with Gasteiger partial charge in [0.05, 0.1) is 12.2 Å². The number of hydrogen-bond donors (Lipinski definition) is 1. The van der Waals surface area contributed by atoms with Crippen LogP contribution in [0, 0.1) is 0 Å². The minimum Gasteiger partial charge on any atom is -0.488 e. The summed E-state index contributed by atoms with van der Waals surface area (Å²) < 4.78 is 78.4. The van der Waals surface area contributed by atoms with Gasteiger partial charge in [-0.15, -0.1) is 0 Å². The van der Waals surface area contributed by atoms with E-state index in [2.05, 4.69) is 4.74 Å². The number of rotatable bonds is 7. The molecule has 0 aliphatic heterocycles. The molecule has 1 N–H and O–H groups in total. The molecular formula is C15H19F3O6S. The van der Waals surface area contributed by atoms with E-state index in [4.69, 9.17) is 9.29 Å². The number of carbonyl (C=O) groups excluding carboxylic acids is 1. The summed E-state index contributed by atoms with van der Waals surface area (Å²) in [5, 5.41) is -4.97. The van der Waals surface area contributed by atoms with Gasteiger partial charge in [-0.3, -0.25) is 4.55 Å². The Kier molecular flexibility index (Phi) is 6.46. The summed E-state index contributed by atoms with van der Waals surface area (Å²) in [6, 6.07) is 5.77. The Labute approximate surface area is 143 Å². The van der Waals surface area contributed by atoms with Crippen molar-refractivity contribution in [1.29, 1.82) is 0 Å². The maximum Gasteiger partial charge on any atom is 0.400 e. The number of esters is 1. The zero-order valence-corrected chi connectivity index (χ0v) is 14.6. The molecule has 0 heterocycles. The van der Waals surface area contributed by atoms with E-state index in [1.807, 2.05) is 20.8 Å². The number of ether oxygens (including phenoxy) is 2. The lowest BCUT2D eigenvalue weighted by Crippen LogP contribution is -2.39. The van der Waals surface area contributed by atoms with E-state index in [1.165, 1.54) is 24.3 Å². The quantitative estimate of drug-likeness (QED) is 0.573. The monoisotopic (exact) mass is 384 g/mol. The average Bonchev–Trinajstić information content (AvgIpc) is 2.44. The molecule has 0 spiro atoms. The van der Waals surface area contributed by atoms with E-state index in [0.717, 1.165) is 0 Å². The second kappa shape index (κ2) is 7.61. The van der Waals surface area contributed by atoms with Crippen molar-refractivity contribution in [3.63, 3.8) is 0 Å². The first-order chi connectivity index (χ1) is 11.2. The predicted molar refractivity (Wildman–Crippen MR) is 83.1 cm³/mol. The zero-order chi connectivity index (χ0) is 19.5. The lowest BCUT2D eigenvalue weighted by molar-refractivity contribution is -0.0163. The highest BCUT2D eigenvalue weighted by Gasteiger charge is 2.52. The first-order valence-corrected chi connectivity index (χ1v) is 8.63. The summed E-state index contributed by atoms with van der Waals surface area (Å²) in [4.78, 5) is 11.7. The molecule has 0 fully saturated rings. The summed E-state index contributed by atoms with van der Waals surface area (Å²) in [6.45, 7) is 4.73. The second-order valence-corrected chi connectivity index (χ2v) is 7.66. The van der Waals surface area contributed by atoms with E-state index >= 15 is 0 Å². The fourth-order valence-corrected chi connectivity index (χ4v) is 2.12. The van der Waals surface area contributed by atoms with Crippen LogP contribution in [0.15, 0.2) is 24.3 Å². The minimum absolute atomic E-state index is 0.0817. The molecule has 0 saturated heterocycles. The normalized spacial score (nSPS) is 14.0. The zero-order valence-electron chi connectivity index (χ0n) is 13.8. The van der Waals surface area contributed by atoms with Crippen molar-refractivity contribution in [2.75, 3.05) is 6.61 Å². The van der Waals surface area contributed by atoms with Crippen LogP contribution in [0.4, 0.5) is 13.2 Å². The molecule has 0 aliphatic rings. The van der Waals surface area contributed by atoms with Crippen LogP contribution in [-0.4, -0.2) is 42.6 Å². The number of hydrogen-bond acceptors (Lipinski definition) is 5.